The maximum absolute atomic E-state index is 12.6. The summed E-state index contributed by atoms with van der Waals surface area (Å²) in [6, 6.07) is 3.02. The zero-order valence-electron chi connectivity index (χ0n) is 10.3. The zero-order chi connectivity index (χ0) is 15.0. The number of alkyl halides is 3. The van der Waals surface area contributed by atoms with Crippen LogP contribution in [-0.2, 0) is 15.7 Å². The van der Waals surface area contributed by atoms with Crippen LogP contribution < -0.4 is 11.1 Å². The largest absolute Gasteiger partial charge is 0.416 e. The lowest BCUT2D eigenvalue weighted by molar-refractivity contribution is -0.137. The number of anilines is 1. The summed E-state index contributed by atoms with van der Waals surface area (Å²) < 4.78 is 43.3. The molecule has 0 radical (unpaired) electrons. The first-order valence-corrected chi connectivity index (χ1v) is 6.56. The molecule has 1 fully saturated rings. The third kappa shape index (κ3) is 3.13. The minimum absolute atomic E-state index is 0.0292. The van der Waals surface area contributed by atoms with E-state index in [-0.39, 0.29) is 12.3 Å². The van der Waals surface area contributed by atoms with Crippen LogP contribution in [0.2, 0.25) is 0 Å². The van der Waals surface area contributed by atoms with Gasteiger partial charge in [0, 0.05) is 11.1 Å². The van der Waals surface area contributed by atoms with Crippen molar-refractivity contribution in [1.82, 2.24) is 0 Å². The minimum Gasteiger partial charge on any atom is -0.379 e. The molecule has 20 heavy (non-hydrogen) atoms. The Labute approximate surface area is 121 Å². The third-order valence-corrected chi connectivity index (χ3v) is 3.74. The number of nitrogens with two attached hydrogens (primary N) is 1. The summed E-state index contributed by atoms with van der Waals surface area (Å²) in [4.78, 5) is 12.0. The average Bonchev–Trinajstić information content (AvgIpc) is 2.79. The molecule has 1 aromatic carbocycles. The molecule has 1 saturated heterocycles. The lowest BCUT2D eigenvalue weighted by atomic mass is 9.99. The summed E-state index contributed by atoms with van der Waals surface area (Å²) >= 11 is 3.10. The second kappa shape index (κ2) is 5.34. The van der Waals surface area contributed by atoms with Crippen molar-refractivity contribution in [3.8, 4) is 0 Å². The van der Waals surface area contributed by atoms with Crippen molar-refractivity contribution >= 4 is 27.5 Å². The monoisotopic (exact) mass is 352 g/mol. The highest BCUT2D eigenvalue weighted by atomic mass is 79.9. The summed E-state index contributed by atoms with van der Waals surface area (Å²) in [7, 11) is 0. The molecule has 0 saturated carbocycles. The van der Waals surface area contributed by atoms with E-state index in [2.05, 4.69) is 21.2 Å². The van der Waals surface area contributed by atoms with Crippen molar-refractivity contribution in [1.29, 1.82) is 0 Å². The van der Waals surface area contributed by atoms with E-state index in [1.165, 1.54) is 6.07 Å². The maximum Gasteiger partial charge on any atom is 0.416 e. The summed E-state index contributed by atoms with van der Waals surface area (Å²) in [6.07, 6.45) is -4.15. The molecule has 1 amide bonds. The van der Waals surface area contributed by atoms with Gasteiger partial charge in [0.1, 0.15) is 5.54 Å². The number of ether oxygens (including phenoxy) is 1. The highest BCUT2D eigenvalue weighted by molar-refractivity contribution is 9.10. The summed E-state index contributed by atoms with van der Waals surface area (Å²) in [6.45, 7) is 0.406. The van der Waals surface area contributed by atoms with Crippen LogP contribution in [0.25, 0.3) is 0 Å². The normalized spacial score (nSPS) is 22.9. The standard InChI is InChI=1S/C12H12BrF3N2O2/c13-8-2-1-7(12(14,15)16)5-9(8)18-10(19)11(17)3-4-20-6-11/h1-2,5H,3-4,6,17H2,(H,18,19). The Morgan fingerprint density at radius 2 is 2.15 bits per heavy atom. The zero-order valence-corrected chi connectivity index (χ0v) is 11.8. The van der Waals surface area contributed by atoms with E-state index < -0.39 is 23.2 Å². The quantitative estimate of drug-likeness (QED) is 0.859. The highest BCUT2D eigenvalue weighted by Crippen LogP contribution is 2.34. The molecule has 0 spiro atoms. The molecule has 1 aliphatic heterocycles. The molecule has 0 aliphatic carbocycles. The number of amides is 1. The Morgan fingerprint density at radius 1 is 1.45 bits per heavy atom. The Hall–Kier alpha value is -1.12. The van der Waals surface area contributed by atoms with Gasteiger partial charge < -0.3 is 15.8 Å². The van der Waals surface area contributed by atoms with Gasteiger partial charge >= 0.3 is 6.18 Å². The van der Waals surface area contributed by atoms with Gasteiger partial charge in [0.25, 0.3) is 0 Å². The van der Waals surface area contributed by atoms with Crippen LogP contribution in [0, 0.1) is 0 Å². The highest BCUT2D eigenvalue weighted by Gasteiger charge is 2.39. The molecule has 1 aromatic rings. The van der Waals surface area contributed by atoms with Gasteiger partial charge in [-0.25, -0.2) is 0 Å². The molecule has 3 N–H and O–H groups in total. The van der Waals surface area contributed by atoms with E-state index in [0.29, 0.717) is 17.5 Å². The number of benzene rings is 1. The Bertz CT molecular complexity index is 528. The van der Waals surface area contributed by atoms with Crippen molar-refractivity contribution in [2.75, 3.05) is 18.5 Å². The molecular weight excluding hydrogens is 341 g/mol. The van der Waals surface area contributed by atoms with Gasteiger partial charge in [-0.1, -0.05) is 0 Å². The van der Waals surface area contributed by atoms with E-state index in [4.69, 9.17) is 10.5 Å². The van der Waals surface area contributed by atoms with Crippen LogP contribution in [0.5, 0.6) is 0 Å². The summed E-state index contributed by atoms with van der Waals surface area (Å²) in [5, 5.41) is 2.41. The van der Waals surface area contributed by atoms with Gasteiger partial charge in [0.15, 0.2) is 0 Å². The number of hydrogen-bond acceptors (Lipinski definition) is 3. The fourth-order valence-corrected chi connectivity index (χ4v) is 2.15. The number of hydrogen-bond donors (Lipinski definition) is 2. The molecule has 110 valence electrons. The predicted octanol–water partition coefficient (Wildman–Crippen LogP) is 2.52. The molecular formula is C12H12BrF3N2O2. The van der Waals surface area contributed by atoms with Crippen molar-refractivity contribution < 1.29 is 22.7 Å². The molecule has 8 heteroatoms. The van der Waals surface area contributed by atoms with Gasteiger partial charge in [0.05, 0.1) is 17.9 Å². The molecule has 4 nitrogen and oxygen atoms in total. The summed E-state index contributed by atoms with van der Waals surface area (Å²) in [5.41, 5.74) is 3.84. The molecule has 1 unspecified atom stereocenters. The maximum atomic E-state index is 12.6. The fraction of sp³-hybridized carbons (Fsp3) is 0.417. The molecule has 1 aliphatic rings. The molecule has 2 rings (SSSR count). The predicted molar refractivity (Wildman–Crippen MR) is 70.1 cm³/mol. The Morgan fingerprint density at radius 3 is 2.70 bits per heavy atom. The smallest absolute Gasteiger partial charge is 0.379 e. The van der Waals surface area contributed by atoms with Crippen LogP contribution in [0.15, 0.2) is 22.7 Å². The van der Waals surface area contributed by atoms with E-state index in [1.54, 1.807) is 0 Å². The molecule has 0 bridgehead atoms. The van der Waals surface area contributed by atoms with Gasteiger partial charge in [-0.3, -0.25) is 4.79 Å². The fourth-order valence-electron chi connectivity index (χ4n) is 1.80. The van der Waals surface area contributed by atoms with Crippen LogP contribution in [0.1, 0.15) is 12.0 Å². The lowest BCUT2D eigenvalue weighted by Crippen LogP contribution is -2.51. The second-order valence-electron chi connectivity index (χ2n) is 4.61. The first-order valence-electron chi connectivity index (χ1n) is 5.77. The van der Waals surface area contributed by atoms with Crippen molar-refractivity contribution in [3.05, 3.63) is 28.2 Å². The molecule has 1 atom stereocenters. The van der Waals surface area contributed by atoms with Crippen molar-refractivity contribution in [3.63, 3.8) is 0 Å². The number of halogens is 4. The lowest BCUT2D eigenvalue weighted by Gasteiger charge is -2.21. The second-order valence-corrected chi connectivity index (χ2v) is 5.46. The Kier molecular flexibility index (Phi) is 4.08. The first-order chi connectivity index (χ1) is 9.22. The number of nitrogens with one attached hydrogen (secondary N) is 1. The molecule has 1 heterocycles. The van der Waals surface area contributed by atoms with Gasteiger partial charge in [-0.2, -0.15) is 13.2 Å². The molecule has 0 aromatic heterocycles. The van der Waals surface area contributed by atoms with Crippen LogP contribution in [-0.4, -0.2) is 24.7 Å². The van der Waals surface area contributed by atoms with Crippen molar-refractivity contribution in [2.24, 2.45) is 5.73 Å². The van der Waals surface area contributed by atoms with Gasteiger partial charge in [0.2, 0.25) is 5.91 Å². The number of carbonyl (C=O) groups is 1. The number of carbonyl (C=O) groups excluding carboxylic acids is 1. The van der Waals surface area contributed by atoms with Crippen LogP contribution in [0.3, 0.4) is 0 Å². The topological polar surface area (TPSA) is 64.4 Å². The first kappa shape index (κ1) is 15.3. The van der Waals surface area contributed by atoms with Crippen molar-refractivity contribution in [2.45, 2.75) is 18.1 Å². The average molecular weight is 353 g/mol. The number of rotatable bonds is 2. The van der Waals surface area contributed by atoms with Gasteiger partial charge in [-0.05, 0) is 40.5 Å². The SMILES string of the molecule is NC1(C(=O)Nc2cc(C(F)(F)F)ccc2Br)CCOC1. The summed E-state index contributed by atoms with van der Waals surface area (Å²) in [5.74, 6) is -0.560. The van der Waals surface area contributed by atoms with Gasteiger partial charge in [-0.15, -0.1) is 0 Å². The van der Waals surface area contributed by atoms with E-state index in [0.717, 1.165) is 12.1 Å². The minimum atomic E-state index is -4.48. The van der Waals surface area contributed by atoms with E-state index >= 15 is 0 Å². The van der Waals surface area contributed by atoms with E-state index in [1.807, 2.05) is 0 Å². The third-order valence-electron chi connectivity index (χ3n) is 3.05. The van der Waals surface area contributed by atoms with E-state index in [9.17, 15) is 18.0 Å². The van der Waals surface area contributed by atoms with Crippen LogP contribution in [0.4, 0.5) is 18.9 Å². The van der Waals surface area contributed by atoms with Crippen LogP contribution >= 0.6 is 15.9 Å². The Balaban J connectivity index is 2.22.